The van der Waals surface area contributed by atoms with Crippen LogP contribution >= 0.6 is 11.6 Å². The normalized spacial score (nSPS) is 10.2. The molecule has 5 nitrogen and oxygen atoms in total. The van der Waals surface area contributed by atoms with Gasteiger partial charge in [0.05, 0.1) is 11.8 Å². The zero-order valence-electron chi connectivity index (χ0n) is 9.20. The molecular weight excluding hydrogens is 240 g/mol. The molecule has 2 aromatic heterocycles. The summed E-state index contributed by atoms with van der Waals surface area (Å²) in [5.74, 6) is 0.291. The summed E-state index contributed by atoms with van der Waals surface area (Å²) in [5.41, 5.74) is 1.28. The largest absolute Gasteiger partial charge is 0.307 e. The molecule has 2 rings (SSSR count). The van der Waals surface area contributed by atoms with Crippen LogP contribution < -0.4 is 5.32 Å². The van der Waals surface area contributed by atoms with Gasteiger partial charge in [-0.3, -0.25) is 9.89 Å². The van der Waals surface area contributed by atoms with E-state index in [0.29, 0.717) is 11.4 Å². The molecule has 0 aliphatic carbocycles. The summed E-state index contributed by atoms with van der Waals surface area (Å²) in [4.78, 5) is 15.8. The van der Waals surface area contributed by atoms with Crippen LogP contribution in [0.1, 0.15) is 22.8 Å². The third-order valence-corrected chi connectivity index (χ3v) is 2.64. The van der Waals surface area contributed by atoms with Crippen LogP contribution in [0.4, 0.5) is 5.82 Å². The first-order valence-corrected chi connectivity index (χ1v) is 5.54. The van der Waals surface area contributed by atoms with E-state index >= 15 is 0 Å². The number of carbonyl (C=O) groups excluding carboxylic acids is 1. The van der Waals surface area contributed by atoms with Crippen molar-refractivity contribution in [2.45, 2.75) is 13.3 Å². The maximum atomic E-state index is 11.9. The maximum absolute atomic E-state index is 11.9. The number of carbonyl (C=O) groups is 1. The summed E-state index contributed by atoms with van der Waals surface area (Å²) in [7, 11) is 0. The monoisotopic (exact) mass is 250 g/mol. The Hall–Kier alpha value is -1.88. The van der Waals surface area contributed by atoms with E-state index in [2.05, 4.69) is 20.5 Å². The van der Waals surface area contributed by atoms with Crippen molar-refractivity contribution in [1.29, 1.82) is 0 Å². The van der Waals surface area contributed by atoms with Crippen molar-refractivity contribution in [1.82, 2.24) is 15.2 Å². The van der Waals surface area contributed by atoms with Gasteiger partial charge in [0, 0.05) is 11.8 Å². The van der Waals surface area contributed by atoms with Crippen LogP contribution in [0.5, 0.6) is 0 Å². The van der Waals surface area contributed by atoms with Gasteiger partial charge in [-0.25, -0.2) is 4.98 Å². The van der Waals surface area contributed by atoms with E-state index in [1.54, 1.807) is 18.3 Å². The number of pyridine rings is 1. The minimum atomic E-state index is -0.304. The molecule has 0 aliphatic heterocycles. The zero-order valence-corrected chi connectivity index (χ0v) is 9.95. The van der Waals surface area contributed by atoms with E-state index in [9.17, 15) is 4.79 Å². The first kappa shape index (κ1) is 11.6. The summed E-state index contributed by atoms with van der Waals surface area (Å²) in [6.07, 6.45) is 4.00. The van der Waals surface area contributed by atoms with E-state index in [1.807, 2.05) is 6.92 Å². The van der Waals surface area contributed by atoms with E-state index in [1.165, 1.54) is 6.20 Å². The third kappa shape index (κ3) is 2.45. The summed E-state index contributed by atoms with van der Waals surface area (Å²) in [5, 5.41) is 9.51. The number of hydrogen-bond donors (Lipinski definition) is 2. The Labute approximate surface area is 103 Å². The molecule has 2 N–H and O–H groups in total. The highest BCUT2D eigenvalue weighted by molar-refractivity contribution is 6.33. The number of H-pyrrole nitrogens is 1. The van der Waals surface area contributed by atoms with Crippen molar-refractivity contribution >= 4 is 23.3 Å². The van der Waals surface area contributed by atoms with E-state index in [4.69, 9.17) is 11.6 Å². The van der Waals surface area contributed by atoms with Gasteiger partial charge in [-0.05, 0) is 18.6 Å². The van der Waals surface area contributed by atoms with Gasteiger partial charge in [-0.1, -0.05) is 18.5 Å². The number of aromatic amines is 1. The van der Waals surface area contributed by atoms with Crippen molar-refractivity contribution in [2.75, 3.05) is 5.32 Å². The van der Waals surface area contributed by atoms with Crippen LogP contribution in [0.25, 0.3) is 0 Å². The Morgan fingerprint density at radius 1 is 1.59 bits per heavy atom. The van der Waals surface area contributed by atoms with E-state index in [-0.39, 0.29) is 11.1 Å². The van der Waals surface area contributed by atoms with Crippen molar-refractivity contribution in [3.05, 3.63) is 40.8 Å². The minimum Gasteiger partial charge on any atom is -0.307 e. The molecule has 6 heteroatoms. The molecule has 0 bridgehead atoms. The summed E-state index contributed by atoms with van der Waals surface area (Å²) in [6.45, 7) is 1.98. The van der Waals surface area contributed by atoms with Gasteiger partial charge in [0.1, 0.15) is 11.0 Å². The van der Waals surface area contributed by atoms with Gasteiger partial charge in [0.2, 0.25) is 0 Å². The molecular formula is C11H11ClN4O. The molecule has 0 aliphatic rings. The molecule has 0 saturated carbocycles. The molecule has 88 valence electrons. The Morgan fingerprint density at radius 2 is 2.41 bits per heavy atom. The quantitative estimate of drug-likeness (QED) is 0.821. The fourth-order valence-corrected chi connectivity index (χ4v) is 1.63. The number of nitrogens with one attached hydrogen (secondary N) is 2. The van der Waals surface area contributed by atoms with Gasteiger partial charge in [-0.15, -0.1) is 0 Å². The van der Waals surface area contributed by atoms with Gasteiger partial charge in [0.15, 0.2) is 0 Å². The number of halogens is 1. The predicted molar refractivity (Wildman–Crippen MR) is 65.2 cm³/mol. The predicted octanol–water partition coefficient (Wildman–Crippen LogP) is 2.27. The van der Waals surface area contributed by atoms with E-state index < -0.39 is 0 Å². The number of hydrogen-bond acceptors (Lipinski definition) is 3. The Balaban J connectivity index is 2.20. The third-order valence-electron chi connectivity index (χ3n) is 2.34. The van der Waals surface area contributed by atoms with Crippen molar-refractivity contribution in [3.8, 4) is 0 Å². The lowest BCUT2D eigenvalue weighted by molar-refractivity contribution is 0.102. The summed E-state index contributed by atoms with van der Waals surface area (Å²) >= 11 is 5.84. The molecule has 0 fully saturated rings. The Bertz CT molecular complexity index is 538. The smallest absolute Gasteiger partial charge is 0.259 e. The number of nitrogens with zero attached hydrogens (tertiary/aromatic N) is 2. The van der Waals surface area contributed by atoms with Crippen LogP contribution in [-0.4, -0.2) is 21.1 Å². The lowest BCUT2D eigenvalue weighted by Crippen LogP contribution is -2.14. The molecule has 0 aromatic carbocycles. The first-order valence-electron chi connectivity index (χ1n) is 5.16. The fraction of sp³-hybridized carbons (Fsp3) is 0.182. The lowest BCUT2D eigenvalue weighted by Gasteiger charge is -2.05. The van der Waals surface area contributed by atoms with Gasteiger partial charge in [-0.2, -0.15) is 5.10 Å². The number of anilines is 1. The van der Waals surface area contributed by atoms with Crippen molar-refractivity contribution in [2.24, 2.45) is 0 Å². The molecule has 17 heavy (non-hydrogen) atoms. The molecule has 2 heterocycles. The zero-order chi connectivity index (χ0) is 12.3. The minimum absolute atomic E-state index is 0.183. The van der Waals surface area contributed by atoms with Crippen LogP contribution in [0.15, 0.2) is 24.5 Å². The van der Waals surface area contributed by atoms with Crippen molar-refractivity contribution in [3.63, 3.8) is 0 Å². The number of aryl methyl sites for hydroxylation is 1. The maximum Gasteiger partial charge on any atom is 0.259 e. The number of amides is 1. The second-order valence-corrected chi connectivity index (χ2v) is 3.78. The fourth-order valence-electron chi connectivity index (χ4n) is 1.42. The Morgan fingerprint density at radius 3 is 3.12 bits per heavy atom. The van der Waals surface area contributed by atoms with Crippen LogP contribution in [0.3, 0.4) is 0 Å². The molecule has 0 atom stereocenters. The molecule has 0 unspecified atom stereocenters. The van der Waals surface area contributed by atoms with Crippen molar-refractivity contribution < 1.29 is 4.79 Å². The van der Waals surface area contributed by atoms with Gasteiger partial charge < -0.3 is 5.32 Å². The highest BCUT2D eigenvalue weighted by Gasteiger charge is 2.13. The first-order chi connectivity index (χ1) is 8.22. The lowest BCUT2D eigenvalue weighted by atomic mass is 10.2. The highest BCUT2D eigenvalue weighted by Crippen LogP contribution is 2.16. The van der Waals surface area contributed by atoms with E-state index in [0.717, 1.165) is 12.0 Å². The molecule has 1 amide bonds. The molecule has 0 spiro atoms. The molecule has 0 saturated heterocycles. The SMILES string of the molecule is CCc1cn[nH]c1NC(=O)c1cccnc1Cl. The van der Waals surface area contributed by atoms with Crippen LogP contribution in [0.2, 0.25) is 5.15 Å². The summed E-state index contributed by atoms with van der Waals surface area (Å²) in [6, 6.07) is 3.28. The average Bonchev–Trinajstić information content (AvgIpc) is 2.76. The highest BCUT2D eigenvalue weighted by atomic mass is 35.5. The standard InChI is InChI=1S/C11H11ClN4O/c1-2-7-6-14-16-10(7)15-11(17)8-4-3-5-13-9(8)12/h3-6H,2H2,1H3,(H2,14,15,16,17). The second-order valence-electron chi connectivity index (χ2n) is 3.42. The van der Waals surface area contributed by atoms with Crippen LogP contribution in [-0.2, 0) is 6.42 Å². The summed E-state index contributed by atoms with van der Waals surface area (Å²) < 4.78 is 0. The second kappa shape index (κ2) is 4.97. The topological polar surface area (TPSA) is 70.7 Å². The molecule has 0 radical (unpaired) electrons. The number of rotatable bonds is 3. The van der Waals surface area contributed by atoms with Crippen LogP contribution in [0, 0.1) is 0 Å². The average molecular weight is 251 g/mol. The number of aromatic nitrogens is 3. The Kier molecular flexibility index (Phi) is 3.39. The van der Waals surface area contributed by atoms with Gasteiger partial charge >= 0.3 is 0 Å². The van der Waals surface area contributed by atoms with Gasteiger partial charge in [0.25, 0.3) is 5.91 Å². The molecule has 2 aromatic rings.